The van der Waals surface area contributed by atoms with Crippen molar-refractivity contribution in [2.45, 2.75) is 49.6 Å². The molecule has 0 spiro atoms. The molecule has 0 saturated heterocycles. The van der Waals surface area contributed by atoms with Gasteiger partial charge in [-0.3, -0.25) is 4.68 Å². The monoisotopic (exact) mass is 369 g/mol. The number of halogens is 2. The largest absolute Gasteiger partial charge is 0.266 e. The molecule has 5 nitrogen and oxygen atoms in total. The molecule has 25 heavy (non-hydrogen) atoms. The number of hydrogen-bond donors (Lipinski definition) is 1. The van der Waals surface area contributed by atoms with Crippen molar-refractivity contribution >= 4 is 10.0 Å². The molecule has 1 aliphatic rings. The summed E-state index contributed by atoms with van der Waals surface area (Å²) in [5.74, 6) is 0.509. The minimum Gasteiger partial charge on any atom is -0.266 e. The number of alkyl halides is 2. The standard InChI is InChI=1S/C17H21F2N3O2S/c18-17(19)12-22-11-15(10-20-22)25(23,24)21-16(9-13-5-4-6-13)14-7-2-1-3-8-14/h1-3,7-8,10-11,13,16-17,21H,4-6,9,12H2. The second kappa shape index (κ2) is 7.61. The van der Waals surface area contributed by atoms with E-state index >= 15 is 0 Å². The lowest BCUT2D eigenvalue weighted by atomic mass is 9.80. The topological polar surface area (TPSA) is 64.0 Å². The van der Waals surface area contributed by atoms with Gasteiger partial charge in [0, 0.05) is 12.2 Å². The fourth-order valence-electron chi connectivity index (χ4n) is 2.98. The lowest BCUT2D eigenvalue weighted by molar-refractivity contribution is 0.121. The molecule has 1 aromatic heterocycles. The fraction of sp³-hybridized carbons (Fsp3) is 0.471. The van der Waals surface area contributed by atoms with E-state index in [1.54, 1.807) is 0 Å². The van der Waals surface area contributed by atoms with Crippen molar-refractivity contribution < 1.29 is 17.2 Å². The lowest BCUT2D eigenvalue weighted by Gasteiger charge is -2.30. The first-order chi connectivity index (χ1) is 11.9. The molecule has 1 aliphatic carbocycles. The van der Waals surface area contributed by atoms with E-state index in [2.05, 4.69) is 9.82 Å². The molecule has 1 heterocycles. The molecule has 1 saturated carbocycles. The maximum Gasteiger partial charge on any atom is 0.257 e. The quantitative estimate of drug-likeness (QED) is 0.776. The molecule has 1 atom stereocenters. The molecule has 8 heteroatoms. The van der Waals surface area contributed by atoms with Gasteiger partial charge in [0.25, 0.3) is 6.43 Å². The van der Waals surface area contributed by atoms with Gasteiger partial charge in [0.2, 0.25) is 10.0 Å². The molecular weight excluding hydrogens is 348 g/mol. The molecular formula is C17H21F2N3O2S. The Morgan fingerprint density at radius 1 is 1.24 bits per heavy atom. The van der Waals surface area contributed by atoms with Gasteiger partial charge in [0.1, 0.15) is 11.4 Å². The van der Waals surface area contributed by atoms with Crippen LogP contribution in [0.15, 0.2) is 47.6 Å². The van der Waals surface area contributed by atoms with Crippen LogP contribution in [0.25, 0.3) is 0 Å². The van der Waals surface area contributed by atoms with E-state index in [9.17, 15) is 17.2 Å². The molecule has 0 aliphatic heterocycles. The van der Waals surface area contributed by atoms with Crippen molar-refractivity contribution in [1.82, 2.24) is 14.5 Å². The summed E-state index contributed by atoms with van der Waals surface area (Å²) in [7, 11) is -3.83. The van der Waals surface area contributed by atoms with E-state index < -0.39 is 23.0 Å². The predicted molar refractivity (Wildman–Crippen MR) is 89.7 cm³/mol. The van der Waals surface area contributed by atoms with Crippen LogP contribution < -0.4 is 4.72 Å². The van der Waals surface area contributed by atoms with E-state index in [0.29, 0.717) is 5.92 Å². The minimum absolute atomic E-state index is 0.0947. The zero-order valence-electron chi connectivity index (χ0n) is 13.7. The van der Waals surface area contributed by atoms with Gasteiger partial charge in [-0.25, -0.2) is 21.9 Å². The zero-order chi connectivity index (χ0) is 17.9. The van der Waals surface area contributed by atoms with Crippen LogP contribution in [0.3, 0.4) is 0 Å². The Balaban J connectivity index is 1.78. The van der Waals surface area contributed by atoms with Crippen molar-refractivity contribution in [2.24, 2.45) is 5.92 Å². The van der Waals surface area contributed by atoms with Crippen molar-refractivity contribution in [2.75, 3.05) is 0 Å². The van der Waals surface area contributed by atoms with Crippen molar-refractivity contribution in [1.29, 1.82) is 0 Å². The number of aromatic nitrogens is 2. The highest BCUT2D eigenvalue weighted by molar-refractivity contribution is 7.89. The smallest absolute Gasteiger partial charge is 0.257 e. The van der Waals surface area contributed by atoms with Crippen molar-refractivity contribution in [3.05, 3.63) is 48.3 Å². The highest BCUT2D eigenvalue weighted by Gasteiger charge is 2.28. The Bertz CT molecular complexity index is 789. The fourth-order valence-corrected chi connectivity index (χ4v) is 4.17. The van der Waals surface area contributed by atoms with E-state index in [4.69, 9.17) is 0 Å². The SMILES string of the molecule is O=S(=O)(NC(CC1CCC1)c1ccccc1)c1cnn(CC(F)F)c1. The van der Waals surface area contributed by atoms with Crippen LogP contribution in [0, 0.1) is 5.92 Å². The first-order valence-corrected chi connectivity index (χ1v) is 9.80. The predicted octanol–water partition coefficient (Wildman–Crippen LogP) is 3.36. The average Bonchev–Trinajstić information content (AvgIpc) is 2.99. The van der Waals surface area contributed by atoms with Gasteiger partial charge in [0.15, 0.2) is 0 Å². The summed E-state index contributed by atoms with van der Waals surface area (Å²) in [6.45, 7) is -0.625. The third kappa shape index (κ3) is 4.64. The van der Waals surface area contributed by atoms with E-state index in [0.717, 1.165) is 41.9 Å². The number of sulfonamides is 1. The Labute approximate surface area is 146 Å². The van der Waals surface area contributed by atoms with E-state index in [1.807, 2.05) is 30.3 Å². The van der Waals surface area contributed by atoms with Crippen molar-refractivity contribution in [3.8, 4) is 0 Å². The summed E-state index contributed by atoms with van der Waals surface area (Å²) >= 11 is 0. The summed E-state index contributed by atoms with van der Waals surface area (Å²) < 4.78 is 53.8. The number of hydrogen-bond acceptors (Lipinski definition) is 3. The van der Waals surface area contributed by atoms with Gasteiger partial charge >= 0.3 is 0 Å². The second-order valence-corrected chi connectivity index (χ2v) is 8.12. The first-order valence-electron chi connectivity index (χ1n) is 8.32. The average molecular weight is 369 g/mol. The van der Waals surface area contributed by atoms with Crippen LogP contribution in [-0.2, 0) is 16.6 Å². The number of benzene rings is 1. The van der Waals surface area contributed by atoms with Crippen LogP contribution >= 0.6 is 0 Å². The Kier molecular flexibility index (Phi) is 5.48. The number of nitrogens with one attached hydrogen (secondary N) is 1. The maximum absolute atomic E-state index is 12.7. The molecule has 0 radical (unpaired) electrons. The second-order valence-electron chi connectivity index (χ2n) is 6.41. The van der Waals surface area contributed by atoms with Crippen molar-refractivity contribution in [3.63, 3.8) is 0 Å². The van der Waals surface area contributed by atoms with Gasteiger partial charge in [-0.05, 0) is 17.9 Å². The molecule has 1 aromatic carbocycles. The summed E-state index contributed by atoms with van der Waals surface area (Å²) in [4.78, 5) is -0.0947. The summed E-state index contributed by atoms with van der Waals surface area (Å²) in [5.41, 5.74) is 0.901. The van der Waals surface area contributed by atoms with Crippen LogP contribution in [0.5, 0.6) is 0 Å². The number of nitrogens with zero attached hydrogens (tertiary/aromatic N) is 2. The maximum atomic E-state index is 12.7. The van der Waals surface area contributed by atoms with Gasteiger partial charge in [-0.2, -0.15) is 5.10 Å². The highest BCUT2D eigenvalue weighted by atomic mass is 32.2. The molecule has 1 unspecified atom stereocenters. The third-order valence-electron chi connectivity index (χ3n) is 4.54. The molecule has 1 fully saturated rings. The van der Waals surface area contributed by atoms with E-state index in [1.165, 1.54) is 6.42 Å². The van der Waals surface area contributed by atoms with Gasteiger partial charge < -0.3 is 0 Å². The highest BCUT2D eigenvalue weighted by Crippen LogP contribution is 2.35. The summed E-state index contributed by atoms with van der Waals surface area (Å²) in [6, 6.07) is 9.08. The summed E-state index contributed by atoms with van der Waals surface area (Å²) in [5, 5.41) is 3.71. The minimum atomic E-state index is -3.83. The van der Waals surface area contributed by atoms with Crippen LogP contribution in [-0.4, -0.2) is 24.6 Å². The molecule has 0 amide bonds. The molecule has 136 valence electrons. The van der Waals surface area contributed by atoms with Gasteiger partial charge in [0.05, 0.1) is 6.20 Å². The Morgan fingerprint density at radius 2 is 1.96 bits per heavy atom. The normalized spacial score (nSPS) is 16.8. The Hall–Kier alpha value is -1.80. The first kappa shape index (κ1) is 18.0. The summed E-state index contributed by atoms with van der Waals surface area (Å²) in [6.07, 6.45) is 3.79. The zero-order valence-corrected chi connectivity index (χ0v) is 14.5. The Morgan fingerprint density at radius 3 is 2.56 bits per heavy atom. The third-order valence-corrected chi connectivity index (χ3v) is 5.96. The lowest BCUT2D eigenvalue weighted by Crippen LogP contribution is -2.31. The molecule has 3 rings (SSSR count). The van der Waals surface area contributed by atoms with Crippen LogP contribution in [0.2, 0.25) is 0 Å². The van der Waals surface area contributed by atoms with Gasteiger partial charge in [-0.15, -0.1) is 0 Å². The van der Waals surface area contributed by atoms with Gasteiger partial charge in [-0.1, -0.05) is 49.6 Å². The van der Waals surface area contributed by atoms with Crippen LogP contribution in [0.4, 0.5) is 8.78 Å². The van der Waals surface area contributed by atoms with E-state index in [-0.39, 0.29) is 10.9 Å². The molecule has 1 N–H and O–H groups in total. The molecule has 2 aromatic rings. The molecule has 0 bridgehead atoms. The number of rotatable bonds is 8. The van der Waals surface area contributed by atoms with Crippen LogP contribution in [0.1, 0.15) is 37.3 Å².